The molecule has 0 bridgehead atoms. The minimum atomic E-state index is -0.194. The van der Waals surface area contributed by atoms with Crippen molar-refractivity contribution in [1.29, 1.82) is 0 Å². The van der Waals surface area contributed by atoms with E-state index in [0.717, 1.165) is 39.3 Å². The van der Waals surface area contributed by atoms with Gasteiger partial charge < -0.3 is 15.8 Å². The minimum absolute atomic E-state index is 0.194. The van der Waals surface area contributed by atoms with Crippen LogP contribution in [0.25, 0.3) is 0 Å². The van der Waals surface area contributed by atoms with Crippen molar-refractivity contribution in [2.24, 2.45) is 0 Å². The molecule has 0 unspecified atom stereocenters. The summed E-state index contributed by atoms with van der Waals surface area (Å²) in [6.45, 7) is 5.04. The number of nitrogens with zero attached hydrogens (tertiary/aromatic N) is 1. The lowest BCUT2D eigenvalue weighted by molar-refractivity contribution is 0.0374. The van der Waals surface area contributed by atoms with Crippen LogP contribution < -0.4 is 11.1 Å². The SMILES string of the molecule is Nc1c(Cl)cc(C(=O)NCCCN2CCOCC2)cc1Cl. The Morgan fingerprint density at radius 1 is 1.29 bits per heavy atom. The summed E-state index contributed by atoms with van der Waals surface area (Å²) < 4.78 is 5.29. The highest BCUT2D eigenvalue weighted by molar-refractivity contribution is 6.39. The number of carbonyl (C=O) groups excluding carboxylic acids is 1. The number of nitrogens with one attached hydrogen (secondary N) is 1. The van der Waals surface area contributed by atoms with E-state index in [1.807, 2.05) is 0 Å². The predicted octanol–water partition coefficient (Wildman–Crippen LogP) is 2.03. The molecule has 0 aliphatic carbocycles. The molecule has 2 rings (SSSR count). The monoisotopic (exact) mass is 331 g/mol. The fourth-order valence-electron chi connectivity index (χ4n) is 2.15. The Labute approximate surface area is 134 Å². The highest BCUT2D eigenvalue weighted by Gasteiger charge is 2.12. The topological polar surface area (TPSA) is 67.6 Å². The molecule has 116 valence electrons. The van der Waals surface area contributed by atoms with Crippen molar-refractivity contribution in [2.75, 3.05) is 45.1 Å². The maximum Gasteiger partial charge on any atom is 0.251 e. The lowest BCUT2D eigenvalue weighted by atomic mass is 10.2. The normalized spacial score (nSPS) is 15.9. The van der Waals surface area contributed by atoms with Crippen molar-refractivity contribution >= 4 is 34.8 Å². The number of nitrogens with two attached hydrogens (primary N) is 1. The first-order chi connectivity index (χ1) is 10.1. The molecule has 0 aromatic heterocycles. The molecule has 21 heavy (non-hydrogen) atoms. The zero-order valence-electron chi connectivity index (χ0n) is 11.7. The minimum Gasteiger partial charge on any atom is -0.396 e. The lowest BCUT2D eigenvalue weighted by Gasteiger charge is -2.26. The first kappa shape index (κ1) is 16.4. The summed E-state index contributed by atoms with van der Waals surface area (Å²) in [4.78, 5) is 14.3. The largest absolute Gasteiger partial charge is 0.396 e. The first-order valence-corrected chi connectivity index (χ1v) is 7.66. The van der Waals surface area contributed by atoms with Gasteiger partial charge in [0.2, 0.25) is 0 Å². The highest BCUT2D eigenvalue weighted by atomic mass is 35.5. The van der Waals surface area contributed by atoms with E-state index in [-0.39, 0.29) is 5.91 Å². The van der Waals surface area contributed by atoms with Gasteiger partial charge in [-0.2, -0.15) is 0 Å². The van der Waals surface area contributed by atoms with E-state index < -0.39 is 0 Å². The summed E-state index contributed by atoms with van der Waals surface area (Å²) in [5, 5.41) is 3.44. The lowest BCUT2D eigenvalue weighted by Crippen LogP contribution is -2.38. The number of rotatable bonds is 5. The van der Waals surface area contributed by atoms with Crippen molar-refractivity contribution in [1.82, 2.24) is 10.2 Å². The molecular formula is C14H19Cl2N3O2. The Balaban J connectivity index is 1.76. The van der Waals surface area contributed by atoms with E-state index in [9.17, 15) is 4.79 Å². The van der Waals surface area contributed by atoms with Crippen LogP contribution in [0.1, 0.15) is 16.8 Å². The molecule has 1 aromatic carbocycles. The molecule has 0 saturated carbocycles. The zero-order chi connectivity index (χ0) is 15.2. The quantitative estimate of drug-likeness (QED) is 0.640. The standard InChI is InChI=1S/C14H19Cl2N3O2/c15-11-8-10(9-12(16)13(11)17)14(20)18-2-1-3-19-4-6-21-7-5-19/h8-9H,1-7,17H2,(H,18,20). The molecule has 0 atom stereocenters. The Bertz CT molecular complexity index is 482. The summed E-state index contributed by atoms with van der Waals surface area (Å²) in [6.07, 6.45) is 0.891. The number of halogens is 2. The van der Waals surface area contributed by atoms with Crippen LogP contribution in [0.4, 0.5) is 5.69 Å². The molecule has 1 amide bonds. The van der Waals surface area contributed by atoms with Crippen LogP contribution in [0.15, 0.2) is 12.1 Å². The molecule has 1 aliphatic heterocycles. The maximum absolute atomic E-state index is 12.0. The zero-order valence-corrected chi connectivity index (χ0v) is 13.2. The average Bonchev–Trinajstić information content (AvgIpc) is 2.49. The van der Waals surface area contributed by atoms with Gasteiger partial charge >= 0.3 is 0 Å². The summed E-state index contributed by atoms with van der Waals surface area (Å²) in [7, 11) is 0. The molecule has 1 aromatic rings. The molecular weight excluding hydrogens is 313 g/mol. The number of hydrogen-bond acceptors (Lipinski definition) is 4. The van der Waals surface area contributed by atoms with Gasteiger partial charge in [-0.3, -0.25) is 9.69 Å². The smallest absolute Gasteiger partial charge is 0.251 e. The second-order valence-corrected chi connectivity index (χ2v) is 5.73. The van der Waals surface area contributed by atoms with Crippen molar-refractivity contribution < 1.29 is 9.53 Å². The summed E-state index contributed by atoms with van der Waals surface area (Å²) in [5.74, 6) is -0.194. The number of nitrogen functional groups attached to an aromatic ring is 1. The third-order valence-electron chi connectivity index (χ3n) is 3.38. The van der Waals surface area contributed by atoms with Crippen LogP contribution in [-0.4, -0.2) is 50.2 Å². The van der Waals surface area contributed by atoms with Crippen LogP contribution in [0.3, 0.4) is 0 Å². The van der Waals surface area contributed by atoms with E-state index in [4.69, 9.17) is 33.7 Å². The Hall–Kier alpha value is -1.01. The average molecular weight is 332 g/mol. The molecule has 0 radical (unpaired) electrons. The molecule has 1 aliphatic rings. The Kier molecular flexibility index (Phi) is 6.11. The molecule has 1 saturated heterocycles. The van der Waals surface area contributed by atoms with Crippen molar-refractivity contribution in [3.05, 3.63) is 27.7 Å². The van der Waals surface area contributed by atoms with Crippen molar-refractivity contribution in [3.8, 4) is 0 Å². The molecule has 0 spiro atoms. The van der Waals surface area contributed by atoms with E-state index in [1.165, 1.54) is 12.1 Å². The Morgan fingerprint density at radius 3 is 2.52 bits per heavy atom. The van der Waals surface area contributed by atoms with Gasteiger partial charge in [0.25, 0.3) is 5.91 Å². The number of benzene rings is 1. The molecule has 3 N–H and O–H groups in total. The van der Waals surface area contributed by atoms with Gasteiger partial charge in [0, 0.05) is 25.2 Å². The van der Waals surface area contributed by atoms with Crippen molar-refractivity contribution in [3.63, 3.8) is 0 Å². The van der Waals surface area contributed by atoms with Crippen LogP contribution in [-0.2, 0) is 4.74 Å². The van der Waals surface area contributed by atoms with Gasteiger partial charge in [0.15, 0.2) is 0 Å². The third-order valence-corrected chi connectivity index (χ3v) is 4.01. The fraction of sp³-hybridized carbons (Fsp3) is 0.500. The summed E-state index contributed by atoms with van der Waals surface area (Å²) in [5.41, 5.74) is 6.36. The van der Waals surface area contributed by atoms with E-state index in [2.05, 4.69) is 10.2 Å². The van der Waals surface area contributed by atoms with Crippen LogP contribution in [0.5, 0.6) is 0 Å². The number of morpholine rings is 1. The fourth-order valence-corrected chi connectivity index (χ4v) is 2.63. The molecule has 1 heterocycles. The summed E-state index contributed by atoms with van der Waals surface area (Å²) >= 11 is 11.8. The van der Waals surface area contributed by atoms with Crippen LogP contribution in [0, 0.1) is 0 Å². The number of carbonyl (C=O) groups is 1. The van der Waals surface area contributed by atoms with E-state index >= 15 is 0 Å². The third kappa shape index (κ3) is 4.74. The number of hydrogen-bond donors (Lipinski definition) is 2. The molecule has 5 nitrogen and oxygen atoms in total. The first-order valence-electron chi connectivity index (χ1n) is 6.91. The predicted molar refractivity (Wildman–Crippen MR) is 85.1 cm³/mol. The second kappa shape index (κ2) is 7.84. The maximum atomic E-state index is 12.0. The van der Waals surface area contributed by atoms with E-state index in [0.29, 0.717) is 27.8 Å². The second-order valence-electron chi connectivity index (χ2n) is 4.92. The number of amides is 1. The van der Waals surface area contributed by atoms with Gasteiger partial charge in [-0.1, -0.05) is 23.2 Å². The molecule has 7 heteroatoms. The summed E-state index contributed by atoms with van der Waals surface area (Å²) in [6, 6.07) is 3.06. The van der Waals surface area contributed by atoms with Gasteiger partial charge in [0.1, 0.15) is 0 Å². The van der Waals surface area contributed by atoms with Gasteiger partial charge in [0.05, 0.1) is 28.9 Å². The highest BCUT2D eigenvalue weighted by Crippen LogP contribution is 2.28. The van der Waals surface area contributed by atoms with Crippen LogP contribution in [0.2, 0.25) is 10.0 Å². The Morgan fingerprint density at radius 2 is 1.90 bits per heavy atom. The van der Waals surface area contributed by atoms with Gasteiger partial charge in [-0.05, 0) is 25.1 Å². The molecule has 1 fully saturated rings. The number of ether oxygens (including phenoxy) is 1. The van der Waals surface area contributed by atoms with Crippen molar-refractivity contribution in [2.45, 2.75) is 6.42 Å². The number of anilines is 1. The van der Waals surface area contributed by atoms with Gasteiger partial charge in [-0.15, -0.1) is 0 Å². The van der Waals surface area contributed by atoms with Crippen LogP contribution >= 0.6 is 23.2 Å². The van der Waals surface area contributed by atoms with E-state index in [1.54, 1.807) is 0 Å². The van der Waals surface area contributed by atoms with Gasteiger partial charge in [-0.25, -0.2) is 0 Å².